The maximum Gasteiger partial charge on any atom is 0.330 e. The van der Waals surface area contributed by atoms with E-state index in [0.29, 0.717) is 37.9 Å². The van der Waals surface area contributed by atoms with Crippen LogP contribution < -0.4 is 9.47 Å². The zero-order valence-corrected chi connectivity index (χ0v) is 16.8. The molecular formula is C22H30O7. The molecule has 0 fully saturated rings. The Balaban J connectivity index is 2.01. The highest BCUT2D eigenvalue weighted by Crippen LogP contribution is 2.19. The SMILES string of the molecule is C=CC(=O)OCCCCCCOCCOc1cccc(OCCOC(=O)C=C)c1. The fourth-order valence-electron chi connectivity index (χ4n) is 2.23. The van der Waals surface area contributed by atoms with E-state index >= 15 is 0 Å². The van der Waals surface area contributed by atoms with Gasteiger partial charge in [-0.3, -0.25) is 0 Å². The van der Waals surface area contributed by atoms with Crippen LogP contribution in [0.25, 0.3) is 0 Å². The summed E-state index contributed by atoms with van der Waals surface area (Å²) in [5.74, 6) is 0.472. The lowest BCUT2D eigenvalue weighted by molar-refractivity contribution is -0.139. The van der Waals surface area contributed by atoms with Gasteiger partial charge < -0.3 is 23.7 Å². The number of ether oxygens (including phenoxy) is 5. The first-order valence-electron chi connectivity index (χ1n) is 9.67. The summed E-state index contributed by atoms with van der Waals surface area (Å²) in [4.78, 5) is 21.8. The Morgan fingerprint density at radius 1 is 0.724 bits per heavy atom. The van der Waals surface area contributed by atoms with Crippen molar-refractivity contribution < 1.29 is 33.3 Å². The predicted octanol–water partition coefficient (Wildman–Crippen LogP) is 3.48. The van der Waals surface area contributed by atoms with E-state index in [0.717, 1.165) is 31.8 Å². The van der Waals surface area contributed by atoms with E-state index < -0.39 is 5.97 Å². The largest absolute Gasteiger partial charge is 0.491 e. The molecule has 7 nitrogen and oxygen atoms in total. The number of rotatable bonds is 17. The first kappa shape index (κ1) is 24.2. The molecule has 0 aromatic heterocycles. The Hall–Kier alpha value is -2.80. The van der Waals surface area contributed by atoms with Gasteiger partial charge in [0.05, 0.1) is 13.2 Å². The van der Waals surface area contributed by atoms with Crippen LogP contribution in [0.2, 0.25) is 0 Å². The zero-order chi connectivity index (χ0) is 21.2. The number of esters is 2. The average molecular weight is 406 g/mol. The van der Waals surface area contributed by atoms with Crippen LogP contribution in [-0.4, -0.2) is 51.6 Å². The molecule has 0 N–H and O–H groups in total. The summed E-state index contributed by atoms with van der Waals surface area (Å²) in [7, 11) is 0. The van der Waals surface area contributed by atoms with Crippen LogP contribution in [0.15, 0.2) is 49.6 Å². The molecule has 160 valence electrons. The van der Waals surface area contributed by atoms with Crippen LogP contribution in [0.4, 0.5) is 0 Å². The Bertz CT molecular complexity index is 627. The highest BCUT2D eigenvalue weighted by molar-refractivity contribution is 5.81. The highest BCUT2D eigenvalue weighted by atomic mass is 16.6. The first-order chi connectivity index (χ1) is 14.2. The number of carbonyl (C=O) groups is 2. The summed E-state index contributed by atoms with van der Waals surface area (Å²) in [6.45, 7) is 9.12. The van der Waals surface area contributed by atoms with Crippen molar-refractivity contribution in [3.8, 4) is 11.5 Å². The standard InChI is InChI=1S/C22H30O7/c1-3-21(23)28-13-8-6-5-7-12-25-14-15-26-19-10-9-11-20(18-19)27-16-17-29-22(24)4-2/h3-4,9-11,18H,1-2,5-8,12-17H2. The Morgan fingerprint density at radius 3 is 1.90 bits per heavy atom. The Kier molecular flexibility index (Phi) is 13.5. The van der Waals surface area contributed by atoms with Crippen molar-refractivity contribution in [3.05, 3.63) is 49.6 Å². The van der Waals surface area contributed by atoms with Gasteiger partial charge in [-0.1, -0.05) is 25.6 Å². The summed E-state index contributed by atoms with van der Waals surface area (Å²) >= 11 is 0. The molecule has 0 spiro atoms. The topological polar surface area (TPSA) is 80.3 Å². The van der Waals surface area contributed by atoms with Gasteiger partial charge in [0.1, 0.15) is 31.3 Å². The maximum absolute atomic E-state index is 10.9. The molecule has 0 aliphatic heterocycles. The third-order valence-corrected chi connectivity index (χ3v) is 3.66. The van der Waals surface area contributed by atoms with Crippen LogP contribution >= 0.6 is 0 Å². The van der Waals surface area contributed by atoms with E-state index in [-0.39, 0.29) is 19.2 Å². The van der Waals surface area contributed by atoms with E-state index in [1.807, 2.05) is 12.1 Å². The Labute approximate surface area is 172 Å². The van der Waals surface area contributed by atoms with Gasteiger partial charge in [-0.15, -0.1) is 0 Å². The molecule has 7 heteroatoms. The van der Waals surface area contributed by atoms with E-state index in [4.69, 9.17) is 23.7 Å². The average Bonchev–Trinajstić information content (AvgIpc) is 2.74. The molecule has 0 heterocycles. The van der Waals surface area contributed by atoms with Crippen molar-refractivity contribution in [1.82, 2.24) is 0 Å². The lowest BCUT2D eigenvalue weighted by Crippen LogP contribution is -2.10. The van der Waals surface area contributed by atoms with Crippen molar-refractivity contribution in [2.24, 2.45) is 0 Å². The molecule has 0 radical (unpaired) electrons. The van der Waals surface area contributed by atoms with Gasteiger partial charge in [0.2, 0.25) is 0 Å². The van der Waals surface area contributed by atoms with E-state index in [2.05, 4.69) is 13.2 Å². The summed E-state index contributed by atoms with van der Waals surface area (Å²) in [6, 6.07) is 7.24. The second-order valence-electron chi connectivity index (χ2n) is 5.94. The van der Waals surface area contributed by atoms with E-state index in [1.165, 1.54) is 6.08 Å². The number of hydrogen-bond acceptors (Lipinski definition) is 7. The molecule has 29 heavy (non-hydrogen) atoms. The fourth-order valence-corrected chi connectivity index (χ4v) is 2.23. The van der Waals surface area contributed by atoms with Crippen LogP contribution in [0, 0.1) is 0 Å². The minimum atomic E-state index is -0.472. The van der Waals surface area contributed by atoms with Gasteiger partial charge in [-0.2, -0.15) is 0 Å². The molecule has 0 aliphatic rings. The van der Waals surface area contributed by atoms with E-state index in [1.54, 1.807) is 12.1 Å². The van der Waals surface area contributed by atoms with Crippen LogP contribution in [0.1, 0.15) is 25.7 Å². The van der Waals surface area contributed by atoms with E-state index in [9.17, 15) is 9.59 Å². The maximum atomic E-state index is 10.9. The third-order valence-electron chi connectivity index (χ3n) is 3.66. The zero-order valence-electron chi connectivity index (χ0n) is 16.8. The molecule has 0 atom stereocenters. The molecule has 1 aromatic carbocycles. The quantitative estimate of drug-likeness (QED) is 0.223. The van der Waals surface area contributed by atoms with Crippen LogP contribution in [-0.2, 0) is 23.8 Å². The van der Waals surface area contributed by atoms with Crippen molar-refractivity contribution in [1.29, 1.82) is 0 Å². The number of benzene rings is 1. The summed E-state index contributed by atoms with van der Waals surface area (Å²) in [5.41, 5.74) is 0. The highest BCUT2D eigenvalue weighted by Gasteiger charge is 2.00. The number of unbranched alkanes of at least 4 members (excludes halogenated alkanes) is 3. The van der Waals surface area contributed by atoms with Crippen molar-refractivity contribution in [2.75, 3.05) is 39.6 Å². The Morgan fingerprint density at radius 2 is 1.28 bits per heavy atom. The van der Waals surface area contributed by atoms with Crippen molar-refractivity contribution in [2.45, 2.75) is 25.7 Å². The molecule has 0 bridgehead atoms. The number of carbonyl (C=O) groups excluding carboxylic acids is 2. The van der Waals surface area contributed by atoms with Gasteiger partial charge in [-0.05, 0) is 31.4 Å². The molecular weight excluding hydrogens is 376 g/mol. The molecule has 0 unspecified atom stereocenters. The van der Waals surface area contributed by atoms with Gasteiger partial charge in [0, 0.05) is 24.8 Å². The lowest BCUT2D eigenvalue weighted by Gasteiger charge is -2.10. The second-order valence-corrected chi connectivity index (χ2v) is 5.94. The van der Waals surface area contributed by atoms with Crippen molar-refractivity contribution >= 4 is 11.9 Å². The summed E-state index contributed by atoms with van der Waals surface area (Å²) < 4.78 is 26.4. The van der Waals surface area contributed by atoms with Gasteiger partial charge >= 0.3 is 11.9 Å². The summed E-state index contributed by atoms with van der Waals surface area (Å²) in [5, 5.41) is 0. The summed E-state index contributed by atoms with van der Waals surface area (Å²) in [6.07, 6.45) is 6.09. The monoisotopic (exact) mass is 406 g/mol. The molecule has 1 aromatic rings. The normalized spacial score (nSPS) is 10.1. The minimum Gasteiger partial charge on any atom is -0.491 e. The molecule has 0 saturated carbocycles. The van der Waals surface area contributed by atoms with Gasteiger partial charge in [0.25, 0.3) is 0 Å². The molecule has 0 saturated heterocycles. The lowest BCUT2D eigenvalue weighted by atomic mass is 10.2. The predicted molar refractivity (Wildman–Crippen MR) is 109 cm³/mol. The molecule has 0 aliphatic carbocycles. The molecule has 0 amide bonds. The van der Waals surface area contributed by atoms with Crippen molar-refractivity contribution in [3.63, 3.8) is 0 Å². The fraction of sp³-hybridized carbons (Fsp3) is 0.455. The van der Waals surface area contributed by atoms with Crippen LogP contribution in [0.3, 0.4) is 0 Å². The van der Waals surface area contributed by atoms with Crippen LogP contribution in [0.5, 0.6) is 11.5 Å². The second kappa shape index (κ2) is 16.2. The minimum absolute atomic E-state index is 0.156. The number of hydrogen-bond donors (Lipinski definition) is 0. The first-order valence-corrected chi connectivity index (χ1v) is 9.67. The van der Waals surface area contributed by atoms with Gasteiger partial charge in [-0.25, -0.2) is 9.59 Å². The smallest absolute Gasteiger partial charge is 0.330 e. The third kappa shape index (κ3) is 13.1. The molecule has 1 rings (SSSR count). The van der Waals surface area contributed by atoms with Gasteiger partial charge in [0.15, 0.2) is 0 Å².